The topological polar surface area (TPSA) is 312 Å². The van der Waals surface area contributed by atoms with Gasteiger partial charge in [0.25, 0.3) is 27.9 Å². The number of aliphatic hydroxyl groups excluding tert-OH is 1. The number of aryl methyl sites for hydroxylation is 2. The average Bonchev–Trinajstić information content (AvgIpc) is 1.69. The zero-order chi connectivity index (χ0) is 87.3. The van der Waals surface area contributed by atoms with E-state index in [-0.39, 0.29) is 50.5 Å². The van der Waals surface area contributed by atoms with Gasteiger partial charge in [0.1, 0.15) is 5.82 Å². The van der Waals surface area contributed by atoms with Crippen LogP contribution in [-0.4, -0.2) is 181 Å². The molecule has 28 nitrogen and oxygen atoms in total. The molecule has 16 rings (SSSR count). The number of rotatable bonds is 24. The van der Waals surface area contributed by atoms with Crippen molar-refractivity contribution in [3.8, 4) is 45.6 Å². The molecule has 8 aromatic heterocycles. The molecule has 1 saturated heterocycles. The van der Waals surface area contributed by atoms with Crippen LogP contribution >= 0.6 is 0 Å². The molecule has 6 aromatic carbocycles. The number of aliphatic hydroxyl groups is 1. The number of benzene rings is 6. The first kappa shape index (κ1) is 88.5. The summed E-state index contributed by atoms with van der Waals surface area (Å²) in [4.78, 5) is 89.8. The Morgan fingerprint density at radius 3 is 1.47 bits per heavy atom. The smallest absolute Gasteiger partial charge is 0.341 e. The Bertz CT molecular complexity index is 6100. The first-order valence-electron chi connectivity index (χ1n) is 43.0. The van der Waals surface area contributed by atoms with E-state index in [1.165, 1.54) is 69.8 Å². The van der Waals surface area contributed by atoms with Gasteiger partial charge in [-0.3, -0.25) is 44.7 Å². The van der Waals surface area contributed by atoms with Crippen LogP contribution in [-0.2, 0) is 48.1 Å². The molecule has 1 fully saturated rings. The fourth-order valence-electron chi connectivity index (χ4n) is 15.2. The SMILES string of the molecule is CC(C)(C)c1ccc(-c2nc(N3CCN(CCO)CC3)n3[nH]c(=O)cc3n2)cc1.CC(C)(C)c1ccc(-c2nc(NCCCN3CCCc4ccccc43)n3[nH]c(=O)cc3n2)cc1.CN(C)CCCCc1nc(-c2ccc(C(C)(C)C)cc2)nc2cc(=O)[nH]n12.C[n+]1c(-c2ccc(C(C)(C)C)cc2)nc2cc(=O)[nH]n2c1NCCCNCc1ccccc1. The van der Waals surface area contributed by atoms with Crippen LogP contribution in [0, 0.1) is 0 Å². The first-order valence-corrected chi connectivity index (χ1v) is 43.0. The van der Waals surface area contributed by atoms with E-state index in [9.17, 15) is 19.2 Å². The van der Waals surface area contributed by atoms with E-state index in [0.717, 1.165) is 150 Å². The Morgan fingerprint density at radius 1 is 0.455 bits per heavy atom. The van der Waals surface area contributed by atoms with Gasteiger partial charge in [-0.25, -0.2) is 43.1 Å². The maximum atomic E-state index is 12.0. The summed E-state index contributed by atoms with van der Waals surface area (Å²) < 4.78 is 8.72. The number of hydrogen-bond donors (Lipinski definition) is 8. The number of nitrogens with zero attached hydrogens (tertiary/aromatic N) is 16. The average molecular weight is 1670 g/mol. The summed E-state index contributed by atoms with van der Waals surface area (Å²) >= 11 is 0. The summed E-state index contributed by atoms with van der Waals surface area (Å²) in [6, 6.07) is 58.7. The molecule has 10 heterocycles. The quantitative estimate of drug-likeness (QED) is 0.0206. The lowest BCUT2D eigenvalue weighted by atomic mass is 9.86. The zero-order valence-corrected chi connectivity index (χ0v) is 74.1. The van der Waals surface area contributed by atoms with E-state index >= 15 is 0 Å². The summed E-state index contributed by atoms with van der Waals surface area (Å²) in [5, 5.41) is 30.8. The molecule has 0 aliphatic carbocycles. The van der Waals surface area contributed by atoms with Crippen molar-refractivity contribution in [2.75, 3.05) is 113 Å². The van der Waals surface area contributed by atoms with Crippen LogP contribution in [0.4, 0.5) is 23.5 Å². The van der Waals surface area contributed by atoms with Gasteiger partial charge in [-0.15, -0.1) is 9.50 Å². The minimum Gasteiger partial charge on any atom is -0.395 e. The minimum atomic E-state index is -0.195. The van der Waals surface area contributed by atoms with Gasteiger partial charge in [0, 0.05) is 111 Å². The van der Waals surface area contributed by atoms with E-state index in [0.29, 0.717) is 58.5 Å². The number of aromatic amines is 4. The van der Waals surface area contributed by atoms with Crippen molar-refractivity contribution in [2.24, 2.45) is 7.05 Å². The van der Waals surface area contributed by atoms with Crippen molar-refractivity contribution in [2.45, 2.75) is 156 Å². The van der Waals surface area contributed by atoms with Gasteiger partial charge in [-0.2, -0.15) is 9.97 Å². The van der Waals surface area contributed by atoms with E-state index in [1.807, 2.05) is 29.8 Å². The molecule has 2 aliphatic heterocycles. The second-order valence-corrected chi connectivity index (χ2v) is 36.3. The standard InChI is InChI=1S/C27H32N6O.C26H32N6O.C21H28N6O2.C21H29N5O/c1-27(2,3)21-13-11-20(12-14-21)25-29-23-18-24(34)31-33(23)26(30-25)28-15-7-17-32-16-6-9-19-8-4-5-10-22(19)32;1-26(2,3)21-13-11-20(12-14-21)24-29-22-17-23(33)30-32(22)25(31(24)4)28-16-8-15-27-18-19-9-6-5-7-10-19;1-21(2,3)16-6-4-15(5-7-16)19-22-17-14-18(29)24-27(17)20(23-19)26-10-8-25(9-11-26)12-13-28;1-21(2,3)16-11-9-15(10-12-16)20-22-17(8-6-7-13-25(4)5)26-18(23-20)14-19(27)24-26/h4-5,8,10-14,18H,6-7,9,15-17H2,1-3H3,(H,31,34)(H,28,29,30);5-7,9-14,17,27H,8,15-16,18H2,1-4H3,(H,30,33);4-7,14,28H,8-13H2,1-3H3,(H,24,29);9-12,14H,6-8,13H2,1-5H3,(H,24,27)/p+1. The Balaban J connectivity index is 0.000000142. The summed E-state index contributed by atoms with van der Waals surface area (Å²) in [6.07, 6.45) is 7.14. The lowest BCUT2D eigenvalue weighted by molar-refractivity contribution is -0.651. The van der Waals surface area contributed by atoms with Crippen LogP contribution in [0.25, 0.3) is 68.1 Å². The van der Waals surface area contributed by atoms with Gasteiger partial charge in [0.05, 0.1) is 26.3 Å². The lowest BCUT2D eigenvalue weighted by Crippen LogP contribution is -2.48. The van der Waals surface area contributed by atoms with Crippen molar-refractivity contribution in [1.82, 2.24) is 88.5 Å². The molecule has 2 aliphatic rings. The molecule has 0 radical (unpaired) electrons. The van der Waals surface area contributed by atoms with E-state index in [1.54, 1.807) is 18.1 Å². The summed E-state index contributed by atoms with van der Waals surface area (Å²) in [7, 11) is 6.12. The van der Waals surface area contributed by atoms with Crippen LogP contribution in [0.2, 0.25) is 0 Å². The first-order chi connectivity index (χ1) is 58.8. The summed E-state index contributed by atoms with van der Waals surface area (Å²) in [5.74, 6) is 5.60. The van der Waals surface area contributed by atoms with Crippen molar-refractivity contribution < 1.29 is 9.67 Å². The second-order valence-electron chi connectivity index (χ2n) is 36.3. The maximum absolute atomic E-state index is 12.0. The van der Waals surface area contributed by atoms with E-state index in [4.69, 9.17) is 25.0 Å². The predicted octanol–water partition coefficient (Wildman–Crippen LogP) is 12.8. The van der Waals surface area contributed by atoms with Crippen molar-refractivity contribution >= 4 is 46.1 Å². The van der Waals surface area contributed by atoms with Crippen LogP contribution in [0.1, 0.15) is 154 Å². The van der Waals surface area contributed by atoms with Gasteiger partial charge in [0.15, 0.2) is 34.4 Å². The molecule has 8 N–H and O–H groups in total. The third kappa shape index (κ3) is 22.7. The van der Waals surface area contributed by atoms with E-state index < -0.39 is 0 Å². The van der Waals surface area contributed by atoms with Crippen LogP contribution in [0.5, 0.6) is 0 Å². The summed E-state index contributed by atoms with van der Waals surface area (Å²) in [6.45, 7) is 36.8. The molecule has 0 unspecified atom stereocenters. The predicted molar refractivity (Wildman–Crippen MR) is 493 cm³/mol. The van der Waals surface area contributed by atoms with Crippen LogP contribution in [0.15, 0.2) is 195 Å². The molecular weight excluding hydrogens is 1540 g/mol. The van der Waals surface area contributed by atoms with Gasteiger partial charge < -0.3 is 30.4 Å². The molecule has 0 bridgehead atoms. The van der Waals surface area contributed by atoms with Crippen molar-refractivity contribution in [3.63, 3.8) is 0 Å². The second kappa shape index (κ2) is 38.9. The molecule has 0 spiro atoms. The van der Waals surface area contributed by atoms with Crippen molar-refractivity contribution in [3.05, 3.63) is 257 Å². The molecule has 646 valence electrons. The zero-order valence-electron chi connectivity index (χ0n) is 74.1. The number of β-amino-alcohol motifs (C(OH)–C–C–N with tert-alkyl or cyclic N) is 1. The molecular formula is C95H122N23O5+. The lowest BCUT2D eigenvalue weighted by Gasteiger charge is -2.35. The molecule has 0 amide bonds. The Labute approximate surface area is 719 Å². The monoisotopic (exact) mass is 1660 g/mol. The number of unbranched alkanes of at least 4 members (excludes halogenated alkanes) is 1. The number of para-hydroxylation sites is 1. The number of fused-ring (bicyclic) bond motifs is 5. The fraction of sp³-hybridized carbons (Fsp3) is 0.411. The maximum Gasteiger partial charge on any atom is 0.341 e. The van der Waals surface area contributed by atoms with Gasteiger partial charge in [0.2, 0.25) is 17.7 Å². The highest BCUT2D eigenvalue weighted by Gasteiger charge is 2.27. The van der Waals surface area contributed by atoms with Gasteiger partial charge in [-0.05, 0) is 139 Å². The normalized spacial score (nSPS) is 13.4. The third-order valence-electron chi connectivity index (χ3n) is 22.3. The minimum absolute atomic E-state index is 0.0801. The third-order valence-corrected chi connectivity index (χ3v) is 22.3. The molecule has 0 saturated carbocycles. The largest absolute Gasteiger partial charge is 0.395 e. The number of hydrogen-bond acceptors (Lipinski definition) is 19. The molecule has 0 atom stereocenters. The van der Waals surface area contributed by atoms with Crippen LogP contribution < -0.4 is 52.6 Å². The van der Waals surface area contributed by atoms with Crippen molar-refractivity contribution in [1.29, 1.82) is 0 Å². The number of aromatic nitrogens is 16. The molecule has 28 heteroatoms. The highest BCUT2D eigenvalue weighted by Crippen LogP contribution is 2.32. The Morgan fingerprint density at radius 2 is 0.927 bits per heavy atom. The number of piperazine rings is 1. The van der Waals surface area contributed by atoms with Crippen LogP contribution in [0.3, 0.4) is 0 Å². The Hall–Kier alpha value is -12.2. The highest BCUT2D eigenvalue weighted by molar-refractivity contribution is 5.64. The van der Waals surface area contributed by atoms with Gasteiger partial charge in [-0.1, -0.05) is 217 Å². The molecule has 14 aromatic rings. The van der Waals surface area contributed by atoms with Gasteiger partial charge >= 0.3 is 5.95 Å². The Kier molecular flexibility index (Phi) is 28.0. The molecule has 123 heavy (non-hydrogen) atoms. The number of anilines is 4. The number of nitrogens with one attached hydrogen (secondary N) is 7. The fourth-order valence-corrected chi connectivity index (χ4v) is 15.2. The van der Waals surface area contributed by atoms with E-state index in [2.05, 4.69) is 302 Å². The summed E-state index contributed by atoms with van der Waals surface area (Å²) in [5.41, 5.74) is 14.9. The number of H-pyrrole nitrogens is 4. The highest BCUT2D eigenvalue weighted by atomic mass is 16.3.